The molecule has 2 unspecified atom stereocenters. The number of aliphatic carboxylic acids is 1. The summed E-state index contributed by atoms with van der Waals surface area (Å²) >= 11 is 0. The highest BCUT2D eigenvalue weighted by Gasteiger charge is 2.35. The van der Waals surface area contributed by atoms with Gasteiger partial charge in [-0.2, -0.15) is 0 Å². The Morgan fingerprint density at radius 1 is 1.31 bits per heavy atom. The van der Waals surface area contributed by atoms with Gasteiger partial charge in [-0.15, -0.1) is 6.58 Å². The molecule has 1 heterocycles. The number of carboxylic acids is 1. The summed E-state index contributed by atoms with van der Waals surface area (Å²) in [5, 5.41) is 9.39. The van der Waals surface area contributed by atoms with E-state index < -0.39 is 12.0 Å². The Morgan fingerprint density at radius 3 is 2.46 bits per heavy atom. The van der Waals surface area contributed by atoms with E-state index in [4.69, 9.17) is 9.47 Å². The molecule has 6 heteroatoms. The van der Waals surface area contributed by atoms with Crippen molar-refractivity contribution in [1.29, 1.82) is 0 Å². The SMILES string of the molecule is C=C(C)CC(C)C(=O)N1CCc2cc(OC)c(OC)cc2C1CC(=O)O. The number of carbonyl (C=O) groups excluding carboxylic acids is 1. The van der Waals surface area contributed by atoms with E-state index in [2.05, 4.69) is 6.58 Å². The molecule has 1 N–H and O–H groups in total. The number of nitrogens with zero attached hydrogens (tertiary/aromatic N) is 1. The Labute approximate surface area is 154 Å². The average Bonchev–Trinajstić information content (AvgIpc) is 2.59. The molecule has 1 amide bonds. The number of hydrogen-bond donors (Lipinski definition) is 1. The molecule has 0 radical (unpaired) electrons. The van der Waals surface area contributed by atoms with Gasteiger partial charge in [-0.1, -0.05) is 12.5 Å². The second kappa shape index (κ2) is 8.25. The fourth-order valence-electron chi connectivity index (χ4n) is 3.57. The number of carbonyl (C=O) groups is 2. The Balaban J connectivity index is 2.43. The number of benzene rings is 1. The van der Waals surface area contributed by atoms with Gasteiger partial charge in [-0.3, -0.25) is 9.59 Å². The van der Waals surface area contributed by atoms with Gasteiger partial charge in [-0.05, 0) is 43.0 Å². The molecule has 0 bridgehead atoms. The minimum absolute atomic E-state index is 0.0420. The molecule has 1 aliphatic rings. The number of allylic oxidation sites excluding steroid dienone is 1. The van der Waals surface area contributed by atoms with Crippen molar-refractivity contribution in [2.45, 2.75) is 39.2 Å². The van der Waals surface area contributed by atoms with Crippen molar-refractivity contribution in [2.75, 3.05) is 20.8 Å². The molecule has 6 nitrogen and oxygen atoms in total. The topological polar surface area (TPSA) is 76.1 Å². The van der Waals surface area contributed by atoms with E-state index in [1.54, 1.807) is 18.1 Å². The lowest BCUT2D eigenvalue weighted by Crippen LogP contribution is -2.43. The summed E-state index contributed by atoms with van der Waals surface area (Å²) in [7, 11) is 3.11. The molecule has 2 rings (SSSR count). The van der Waals surface area contributed by atoms with Crippen molar-refractivity contribution in [3.63, 3.8) is 0 Å². The predicted octanol–water partition coefficient (Wildman–Crippen LogP) is 3.21. The number of ether oxygens (including phenoxy) is 2. The summed E-state index contributed by atoms with van der Waals surface area (Å²) in [4.78, 5) is 26.1. The molecule has 2 atom stereocenters. The number of rotatable bonds is 7. The largest absolute Gasteiger partial charge is 0.493 e. The van der Waals surface area contributed by atoms with E-state index in [0.29, 0.717) is 30.9 Å². The first-order chi connectivity index (χ1) is 12.3. The van der Waals surface area contributed by atoms with Crippen molar-refractivity contribution in [1.82, 2.24) is 4.90 Å². The number of methoxy groups -OCH3 is 2. The van der Waals surface area contributed by atoms with Gasteiger partial charge in [0.1, 0.15) is 0 Å². The maximum Gasteiger partial charge on any atom is 0.305 e. The van der Waals surface area contributed by atoms with Crippen LogP contribution < -0.4 is 9.47 Å². The fraction of sp³-hybridized carbons (Fsp3) is 0.500. The lowest BCUT2D eigenvalue weighted by molar-refractivity contribution is -0.143. The first-order valence-corrected chi connectivity index (χ1v) is 8.69. The Morgan fingerprint density at radius 2 is 1.92 bits per heavy atom. The highest BCUT2D eigenvalue weighted by Crippen LogP contribution is 2.40. The molecule has 0 saturated carbocycles. The first-order valence-electron chi connectivity index (χ1n) is 8.69. The van der Waals surface area contributed by atoms with Crippen LogP contribution in [-0.4, -0.2) is 42.6 Å². The summed E-state index contributed by atoms with van der Waals surface area (Å²) < 4.78 is 10.7. The third-order valence-corrected chi connectivity index (χ3v) is 4.73. The van der Waals surface area contributed by atoms with Crippen LogP contribution in [0, 0.1) is 5.92 Å². The number of amides is 1. The molecule has 1 aliphatic heterocycles. The van der Waals surface area contributed by atoms with Crippen molar-refractivity contribution in [3.8, 4) is 11.5 Å². The molecule has 0 aliphatic carbocycles. The molecular formula is C20H27NO5. The summed E-state index contributed by atoms with van der Waals surface area (Å²) in [6, 6.07) is 3.16. The zero-order valence-corrected chi connectivity index (χ0v) is 15.9. The van der Waals surface area contributed by atoms with Crippen LogP contribution in [0.15, 0.2) is 24.3 Å². The lowest BCUT2D eigenvalue weighted by atomic mass is 9.88. The molecule has 1 aromatic rings. The monoisotopic (exact) mass is 361 g/mol. The Kier molecular flexibility index (Phi) is 6.29. The van der Waals surface area contributed by atoms with Crippen LogP contribution in [0.5, 0.6) is 11.5 Å². The molecule has 0 spiro atoms. The smallest absolute Gasteiger partial charge is 0.305 e. The van der Waals surface area contributed by atoms with Crippen LogP contribution in [0.25, 0.3) is 0 Å². The second-order valence-electron chi connectivity index (χ2n) is 6.86. The number of carboxylic acid groups (broad SMARTS) is 1. The standard InChI is InChI=1S/C20H27NO5/c1-12(2)8-13(3)20(24)21-7-6-14-9-17(25-4)18(26-5)10-15(14)16(21)11-19(22)23/h9-10,13,16H,1,6-8,11H2,2-5H3,(H,22,23). The van der Waals surface area contributed by atoms with Gasteiger partial charge in [0.2, 0.25) is 5.91 Å². The van der Waals surface area contributed by atoms with Crippen LogP contribution in [0.3, 0.4) is 0 Å². The molecule has 0 fully saturated rings. The molecule has 0 aromatic heterocycles. The van der Waals surface area contributed by atoms with E-state index in [0.717, 1.165) is 16.7 Å². The van der Waals surface area contributed by atoms with Crippen LogP contribution in [0.1, 0.15) is 43.9 Å². The zero-order chi connectivity index (χ0) is 19.4. The number of fused-ring (bicyclic) bond motifs is 1. The van der Waals surface area contributed by atoms with E-state index >= 15 is 0 Å². The van der Waals surface area contributed by atoms with Crippen LogP contribution in [0.2, 0.25) is 0 Å². The molecule has 142 valence electrons. The van der Waals surface area contributed by atoms with E-state index in [1.807, 2.05) is 19.9 Å². The van der Waals surface area contributed by atoms with Crippen molar-refractivity contribution >= 4 is 11.9 Å². The quantitative estimate of drug-likeness (QED) is 0.755. The molecular weight excluding hydrogens is 334 g/mol. The minimum Gasteiger partial charge on any atom is -0.493 e. The van der Waals surface area contributed by atoms with Gasteiger partial charge in [0.15, 0.2) is 11.5 Å². The highest BCUT2D eigenvalue weighted by atomic mass is 16.5. The van der Waals surface area contributed by atoms with Gasteiger partial charge >= 0.3 is 5.97 Å². The Hall–Kier alpha value is -2.50. The fourth-order valence-corrected chi connectivity index (χ4v) is 3.57. The van der Waals surface area contributed by atoms with Crippen molar-refractivity contribution in [2.24, 2.45) is 5.92 Å². The second-order valence-corrected chi connectivity index (χ2v) is 6.86. The van der Waals surface area contributed by atoms with Gasteiger partial charge in [0.25, 0.3) is 0 Å². The summed E-state index contributed by atoms with van der Waals surface area (Å²) in [5.41, 5.74) is 2.74. The lowest BCUT2D eigenvalue weighted by Gasteiger charge is -2.38. The highest BCUT2D eigenvalue weighted by molar-refractivity contribution is 5.81. The average molecular weight is 361 g/mol. The summed E-state index contributed by atoms with van der Waals surface area (Å²) in [5.74, 6) is -0.0742. The van der Waals surface area contributed by atoms with Crippen LogP contribution in [-0.2, 0) is 16.0 Å². The minimum atomic E-state index is -0.942. The van der Waals surface area contributed by atoms with Gasteiger partial charge in [0, 0.05) is 12.5 Å². The third kappa shape index (κ3) is 4.18. The van der Waals surface area contributed by atoms with Gasteiger partial charge in [-0.25, -0.2) is 0 Å². The van der Waals surface area contributed by atoms with Gasteiger partial charge in [0.05, 0.1) is 26.7 Å². The zero-order valence-electron chi connectivity index (χ0n) is 15.9. The summed E-state index contributed by atoms with van der Waals surface area (Å²) in [6.45, 7) is 8.11. The van der Waals surface area contributed by atoms with E-state index in [9.17, 15) is 14.7 Å². The van der Waals surface area contributed by atoms with Gasteiger partial charge < -0.3 is 19.5 Å². The summed E-state index contributed by atoms with van der Waals surface area (Å²) in [6.07, 6.45) is 1.10. The maximum absolute atomic E-state index is 12.9. The van der Waals surface area contributed by atoms with Crippen molar-refractivity contribution < 1.29 is 24.2 Å². The normalized spacial score (nSPS) is 17.2. The predicted molar refractivity (Wildman–Crippen MR) is 98.6 cm³/mol. The first kappa shape index (κ1) is 19.8. The number of hydrogen-bond acceptors (Lipinski definition) is 4. The van der Waals surface area contributed by atoms with Crippen molar-refractivity contribution in [3.05, 3.63) is 35.4 Å². The van der Waals surface area contributed by atoms with E-state index in [-0.39, 0.29) is 18.2 Å². The molecule has 0 saturated heterocycles. The third-order valence-electron chi connectivity index (χ3n) is 4.73. The van der Waals surface area contributed by atoms with Crippen LogP contribution in [0.4, 0.5) is 0 Å². The van der Waals surface area contributed by atoms with E-state index in [1.165, 1.54) is 7.11 Å². The Bertz CT molecular complexity index is 712. The van der Waals surface area contributed by atoms with Crippen LogP contribution >= 0.6 is 0 Å². The molecule has 1 aromatic carbocycles. The molecule has 26 heavy (non-hydrogen) atoms. The maximum atomic E-state index is 12.9.